The van der Waals surface area contributed by atoms with E-state index < -0.39 is 53.1 Å². The lowest BCUT2D eigenvalue weighted by Crippen LogP contribution is -2.62. The molecule has 8 heteroatoms. The summed E-state index contributed by atoms with van der Waals surface area (Å²) in [4.78, 5) is 12.3. The molecule has 4 N–H and O–H groups in total. The quantitative estimate of drug-likeness (QED) is 0.350. The molecule has 0 aromatic rings. The van der Waals surface area contributed by atoms with Crippen molar-refractivity contribution in [3.8, 4) is 0 Å². The highest BCUT2D eigenvalue weighted by Crippen LogP contribution is 2.69. The van der Waals surface area contributed by atoms with E-state index >= 15 is 0 Å². The molecule has 208 valence electrons. The normalized spacial score (nSPS) is 48.1. The highest BCUT2D eigenvalue weighted by Gasteiger charge is 2.64. The minimum atomic E-state index is -4.14. The zero-order valence-corrected chi connectivity index (χ0v) is 22.8. The highest BCUT2D eigenvalue weighted by atomic mass is 32.2. The minimum Gasteiger partial charge on any atom is -0.393 e. The van der Waals surface area contributed by atoms with Crippen molar-refractivity contribution >= 4 is 16.0 Å². The number of fused-ring (bicyclic) bond motifs is 5. The van der Waals surface area contributed by atoms with E-state index in [1.165, 1.54) is 0 Å². The van der Waals surface area contributed by atoms with Crippen molar-refractivity contribution in [3.63, 3.8) is 0 Å². The third-order valence-corrected chi connectivity index (χ3v) is 11.9. The van der Waals surface area contributed by atoms with E-state index in [2.05, 4.69) is 26.1 Å². The van der Waals surface area contributed by atoms with Gasteiger partial charge in [0.25, 0.3) is 10.1 Å². The molecule has 11 atom stereocenters. The van der Waals surface area contributed by atoms with E-state index in [1.54, 1.807) is 0 Å². The third kappa shape index (κ3) is 5.13. The van der Waals surface area contributed by atoms with Crippen molar-refractivity contribution in [2.45, 2.75) is 104 Å². The Morgan fingerprint density at radius 1 is 1.11 bits per heavy atom. The molecule has 0 saturated heterocycles. The smallest absolute Gasteiger partial charge is 0.266 e. The number of amides is 1. The number of carbonyl (C=O) groups is 1. The summed E-state index contributed by atoms with van der Waals surface area (Å²) in [6, 6.07) is 0. The van der Waals surface area contributed by atoms with Gasteiger partial charge in [-0.2, -0.15) is 8.42 Å². The van der Waals surface area contributed by atoms with Crippen molar-refractivity contribution in [3.05, 3.63) is 0 Å². The molecular weight excluding hydrogens is 478 g/mol. The zero-order valence-electron chi connectivity index (χ0n) is 26.9. The lowest BCUT2D eigenvalue weighted by molar-refractivity contribution is -0.203. The van der Waals surface area contributed by atoms with Gasteiger partial charge in [-0.05, 0) is 104 Å². The van der Waals surface area contributed by atoms with Crippen LogP contribution < -0.4 is 5.32 Å². The molecule has 4 saturated carbocycles. The Balaban J connectivity index is 1.55. The van der Waals surface area contributed by atoms with Crippen LogP contribution in [-0.4, -0.2) is 53.6 Å². The first-order chi connectivity index (χ1) is 18.7. The van der Waals surface area contributed by atoms with Gasteiger partial charge in [-0.15, -0.1) is 0 Å². The van der Waals surface area contributed by atoms with Crippen LogP contribution in [0.2, 0.25) is 0 Å². The first-order valence-electron chi connectivity index (χ1n) is 16.3. The van der Waals surface area contributed by atoms with E-state index in [-0.39, 0.29) is 59.3 Å². The molecule has 0 aromatic carbocycles. The maximum absolute atomic E-state index is 12.3. The molecule has 0 unspecified atom stereocenters. The second-order valence-corrected chi connectivity index (χ2v) is 14.4. The molecule has 0 radical (unpaired) electrons. The van der Waals surface area contributed by atoms with Gasteiger partial charge in [0.1, 0.15) is 0 Å². The van der Waals surface area contributed by atoms with E-state index in [0.29, 0.717) is 25.7 Å². The van der Waals surface area contributed by atoms with Crippen molar-refractivity contribution in [2.75, 3.05) is 12.3 Å². The van der Waals surface area contributed by atoms with Crippen LogP contribution in [0.5, 0.6) is 0 Å². The fraction of sp³-hybridized carbons (Fsp3) is 0.964. The van der Waals surface area contributed by atoms with Crippen LogP contribution in [0.25, 0.3) is 0 Å². The van der Waals surface area contributed by atoms with Gasteiger partial charge >= 0.3 is 0 Å². The van der Waals surface area contributed by atoms with Crippen LogP contribution in [0.4, 0.5) is 0 Å². The number of nitrogens with one attached hydrogen (secondary N) is 1. The number of hydrogen-bond donors (Lipinski definition) is 4. The first kappa shape index (κ1) is 22.2. The van der Waals surface area contributed by atoms with Crippen LogP contribution in [-0.2, 0) is 14.9 Å². The van der Waals surface area contributed by atoms with E-state index in [4.69, 9.17) is 11.4 Å². The summed E-state index contributed by atoms with van der Waals surface area (Å²) >= 11 is 0. The van der Waals surface area contributed by atoms with Gasteiger partial charge in [-0.3, -0.25) is 9.35 Å². The molecule has 4 rings (SSSR count). The molecular formula is C28H49NO6S. The fourth-order valence-corrected chi connectivity index (χ4v) is 9.77. The SMILES string of the molecule is [2H]C([2H])([2H])C([2H])([2H])[C@H]1[C@@H](O)[C@@H]2[C@H](CC[C@]3(C)[C@@H]([C@H](C)CCC(=O)NCCS(=O)(=O)O)CC[C@@H]23)[C@@]2(C)CC[C@H](O)C[C@@H]12. The largest absolute Gasteiger partial charge is 0.393 e. The number of hydrogen-bond acceptors (Lipinski definition) is 5. The Kier molecular flexibility index (Phi) is 6.44. The monoisotopic (exact) mass is 532 g/mol. The zero-order chi connectivity index (χ0) is 30.8. The Bertz CT molecular complexity index is 1090. The topological polar surface area (TPSA) is 124 Å². The third-order valence-electron chi connectivity index (χ3n) is 11.2. The summed E-state index contributed by atoms with van der Waals surface area (Å²) in [6.45, 7) is 3.49. The van der Waals surface area contributed by atoms with Gasteiger partial charge in [-0.25, -0.2) is 0 Å². The number of carbonyl (C=O) groups excluding carboxylic acids is 1. The molecule has 7 nitrogen and oxygen atoms in total. The predicted octanol–water partition coefficient (Wildman–Crippen LogP) is 4.03. The van der Waals surface area contributed by atoms with Crippen LogP contribution >= 0.6 is 0 Å². The summed E-state index contributed by atoms with van der Waals surface area (Å²) in [5.41, 5.74) is -0.505. The number of aliphatic hydroxyl groups is 2. The standard InChI is InChI=1S/C28H49NO6S/c1-5-19-23-16-18(30)10-12-28(23,4)22-11-13-27(3)20(7-8-21(27)25(22)26(19)32)17(2)6-9-24(31)29-14-15-36(33,34)35/h17-23,25-26,30,32H,5-16H2,1-4H3,(H,29,31)(H,33,34,35)/t17-,18+,19-,20-,21+,22+,23+,25+,26-,27-,28-/m1/s1/i1D3,5D2. The lowest BCUT2D eigenvalue weighted by atomic mass is 9.41. The van der Waals surface area contributed by atoms with Gasteiger partial charge in [-0.1, -0.05) is 34.0 Å². The van der Waals surface area contributed by atoms with Gasteiger partial charge in [0, 0.05) is 19.8 Å². The summed E-state index contributed by atoms with van der Waals surface area (Å²) < 4.78 is 72.4. The Morgan fingerprint density at radius 3 is 2.50 bits per heavy atom. The molecule has 1 amide bonds. The molecule has 0 heterocycles. The van der Waals surface area contributed by atoms with Gasteiger partial charge in [0.15, 0.2) is 0 Å². The Morgan fingerprint density at radius 2 is 1.81 bits per heavy atom. The minimum absolute atomic E-state index is 0.104. The van der Waals surface area contributed by atoms with Crippen molar-refractivity contribution in [2.24, 2.45) is 52.3 Å². The van der Waals surface area contributed by atoms with Gasteiger partial charge in [0.2, 0.25) is 5.91 Å². The maximum Gasteiger partial charge on any atom is 0.266 e. The first-order valence-corrected chi connectivity index (χ1v) is 15.4. The average Bonchev–Trinajstić information content (AvgIpc) is 3.19. The van der Waals surface area contributed by atoms with Gasteiger partial charge < -0.3 is 15.5 Å². The van der Waals surface area contributed by atoms with E-state index in [9.17, 15) is 23.4 Å². The predicted molar refractivity (Wildman–Crippen MR) is 140 cm³/mol. The van der Waals surface area contributed by atoms with E-state index in [1.807, 2.05) is 0 Å². The molecule has 36 heavy (non-hydrogen) atoms. The molecule has 0 aliphatic heterocycles. The summed E-state index contributed by atoms with van der Waals surface area (Å²) in [5, 5.41) is 25.1. The van der Waals surface area contributed by atoms with Crippen LogP contribution in [0.3, 0.4) is 0 Å². The van der Waals surface area contributed by atoms with Crippen LogP contribution in [0, 0.1) is 52.3 Å². The summed E-state index contributed by atoms with van der Waals surface area (Å²) in [7, 11) is -4.14. The molecule has 4 aliphatic carbocycles. The Hall–Kier alpha value is -0.700. The number of aliphatic hydroxyl groups excluding tert-OH is 2. The average molecular weight is 533 g/mol. The molecule has 4 fully saturated rings. The second kappa shape index (κ2) is 10.5. The molecule has 0 bridgehead atoms. The molecule has 0 spiro atoms. The molecule has 0 aromatic heterocycles. The van der Waals surface area contributed by atoms with Crippen LogP contribution in [0.1, 0.15) is 98.6 Å². The van der Waals surface area contributed by atoms with E-state index in [0.717, 1.165) is 25.7 Å². The lowest BCUT2D eigenvalue weighted by Gasteiger charge is -2.64. The highest BCUT2D eigenvalue weighted by molar-refractivity contribution is 7.85. The second-order valence-electron chi connectivity index (χ2n) is 12.9. The molecule has 4 aliphatic rings. The summed E-state index contributed by atoms with van der Waals surface area (Å²) in [6.07, 6.45) is 1.70. The van der Waals surface area contributed by atoms with Crippen LogP contribution in [0.15, 0.2) is 0 Å². The number of rotatable bonds is 8. The Labute approximate surface area is 225 Å². The van der Waals surface area contributed by atoms with Crippen molar-refractivity contribution in [1.29, 1.82) is 0 Å². The van der Waals surface area contributed by atoms with Gasteiger partial charge in [0.05, 0.1) is 18.0 Å². The van der Waals surface area contributed by atoms with Crippen molar-refractivity contribution in [1.82, 2.24) is 5.32 Å². The maximum atomic E-state index is 12.3. The fourth-order valence-electron chi connectivity index (χ4n) is 9.41. The summed E-state index contributed by atoms with van der Waals surface area (Å²) in [5.74, 6) is -1.84. The van der Waals surface area contributed by atoms with Crippen molar-refractivity contribution < 1.29 is 34.8 Å².